The minimum absolute atomic E-state index is 0.133. The van der Waals surface area contributed by atoms with Crippen LogP contribution in [0.15, 0.2) is 168 Å². The first-order chi connectivity index (χ1) is 27.6. The molecule has 8 rings (SSSR count). The Bertz CT molecular complexity index is 2070. The van der Waals surface area contributed by atoms with Crippen molar-refractivity contribution in [1.82, 2.24) is 0 Å². The van der Waals surface area contributed by atoms with Crippen LogP contribution in [0.5, 0.6) is 0 Å². The normalized spacial score (nSPS) is 16.5. The molecule has 0 saturated heterocycles. The van der Waals surface area contributed by atoms with Crippen LogP contribution in [0.3, 0.4) is 0 Å². The number of benzene rings is 6. The van der Waals surface area contributed by atoms with Crippen molar-refractivity contribution in [3.05, 3.63) is 180 Å². The molecule has 0 fully saturated rings. The molecule has 282 valence electrons. The highest BCUT2D eigenvalue weighted by Crippen LogP contribution is 2.39. The Kier molecular flexibility index (Phi) is 11.0. The van der Waals surface area contributed by atoms with E-state index in [0.29, 0.717) is 0 Å². The van der Waals surface area contributed by atoms with Gasteiger partial charge in [0.2, 0.25) is 0 Å². The third kappa shape index (κ3) is 7.57. The summed E-state index contributed by atoms with van der Waals surface area (Å²) < 4.78 is 0. The number of hydrogen-bond acceptors (Lipinski definition) is 6. The van der Waals surface area contributed by atoms with E-state index in [1.54, 1.807) is 0 Å². The second-order valence-corrected chi connectivity index (χ2v) is 14.6. The molecule has 0 amide bonds. The fourth-order valence-corrected chi connectivity index (χ4v) is 8.23. The fraction of sp³-hybridized carbons (Fsp3) is 0.240. The van der Waals surface area contributed by atoms with Crippen LogP contribution < -0.4 is 19.8 Å². The first kappa shape index (κ1) is 36.8. The summed E-state index contributed by atoms with van der Waals surface area (Å²) in [5, 5.41) is 14.9. The fourth-order valence-electron chi connectivity index (χ4n) is 8.23. The molecule has 56 heavy (non-hydrogen) atoms. The summed E-state index contributed by atoms with van der Waals surface area (Å²) in [5.74, 6) is 0. The highest BCUT2D eigenvalue weighted by Gasteiger charge is 2.31. The van der Waals surface area contributed by atoms with E-state index in [0.717, 1.165) is 72.9 Å². The number of anilines is 4. The van der Waals surface area contributed by atoms with Gasteiger partial charge in [-0.05, 0) is 110 Å². The molecule has 6 nitrogen and oxygen atoms in total. The molecule has 6 aromatic carbocycles. The molecule has 2 aliphatic heterocycles. The molecule has 0 aromatic heterocycles. The van der Waals surface area contributed by atoms with Gasteiger partial charge < -0.3 is 9.80 Å². The van der Waals surface area contributed by atoms with E-state index in [1.165, 1.54) is 33.6 Å². The van der Waals surface area contributed by atoms with Crippen LogP contribution in [0.4, 0.5) is 22.7 Å². The number of para-hydroxylation sites is 2. The molecule has 0 spiro atoms. The van der Waals surface area contributed by atoms with E-state index in [-0.39, 0.29) is 12.1 Å². The largest absolute Gasteiger partial charge is 0.372 e. The standard InChI is InChI=1S/C50H52N6/c1-5-53(6-2)43-31-27-41(28-32-43)49-35-47(51-55(49)45-15-11-9-12-16-45)39-23-19-37(20-24-39)38-21-25-40(26-22-38)48-36-50(56(52-48)46-17-13-10-14-18-46)42-29-33-44(34-30-42)54(7-3)8-4/h9-34,49-50H,5-8,35-36H2,1-4H3. The Morgan fingerprint density at radius 3 is 1.05 bits per heavy atom. The molecule has 2 heterocycles. The van der Waals surface area contributed by atoms with E-state index in [2.05, 4.69) is 205 Å². The van der Waals surface area contributed by atoms with Crippen LogP contribution in [-0.4, -0.2) is 37.6 Å². The van der Waals surface area contributed by atoms with E-state index < -0.39 is 0 Å². The Balaban J connectivity index is 1.00. The van der Waals surface area contributed by atoms with Crippen LogP contribution in [0.25, 0.3) is 11.1 Å². The van der Waals surface area contributed by atoms with Gasteiger partial charge in [-0.15, -0.1) is 0 Å². The minimum Gasteiger partial charge on any atom is -0.372 e. The van der Waals surface area contributed by atoms with Gasteiger partial charge in [-0.3, -0.25) is 10.0 Å². The molecule has 0 aliphatic carbocycles. The quantitative estimate of drug-likeness (QED) is 0.118. The van der Waals surface area contributed by atoms with Gasteiger partial charge in [0.05, 0.1) is 34.9 Å². The van der Waals surface area contributed by atoms with Crippen LogP contribution in [0.1, 0.15) is 74.9 Å². The molecule has 0 N–H and O–H groups in total. The van der Waals surface area contributed by atoms with Crippen LogP contribution in [-0.2, 0) is 0 Å². The Morgan fingerprint density at radius 1 is 0.411 bits per heavy atom. The van der Waals surface area contributed by atoms with Crippen molar-refractivity contribution < 1.29 is 0 Å². The third-order valence-electron chi connectivity index (χ3n) is 11.4. The molecule has 0 radical (unpaired) electrons. The smallest absolute Gasteiger partial charge is 0.0831 e. The summed E-state index contributed by atoms with van der Waals surface area (Å²) in [6, 6.07) is 57.3. The lowest BCUT2D eigenvalue weighted by Crippen LogP contribution is -2.22. The van der Waals surface area contributed by atoms with Gasteiger partial charge in [0.15, 0.2) is 0 Å². The SMILES string of the molecule is CCN(CC)c1ccc(C2CC(c3ccc(-c4ccc(C5=NN(c6ccccc6)C(c6ccc(N(CC)CC)cc6)C5)cc4)cc3)=NN2c2ccccc2)cc1. The zero-order valence-electron chi connectivity index (χ0n) is 33.1. The van der Waals surface area contributed by atoms with Gasteiger partial charge in [-0.25, -0.2) is 0 Å². The Labute approximate surface area is 333 Å². The first-order valence-electron chi connectivity index (χ1n) is 20.3. The molecule has 0 saturated carbocycles. The van der Waals surface area contributed by atoms with E-state index in [4.69, 9.17) is 10.2 Å². The van der Waals surface area contributed by atoms with Crippen molar-refractivity contribution in [2.75, 3.05) is 46.0 Å². The van der Waals surface area contributed by atoms with Crippen molar-refractivity contribution in [2.45, 2.75) is 52.6 Å². The molecular weight excluding hydrogens is 685 g/mol. The van der Waals surface area contributed by atoms with E-state index in [9.17, 15) is 0 Å². The predicted octanol–water partition coefficient (Wildman–Crippen LogP) is 11.8. The number of hydrazone groups is 2. The molecular formula is C50H52N6. The summed E-state index contributed by atoms with van der Waals surface area (Å²) in [4.78, 5) is 4.77. The summed E-state index contributed by atoms with van der Waals surface area (Å²) >= 11 is 0. The van der Waals surface area contributed by atoms with Gasteiger partial charge in [0.1, 0.15) is 0 Å². The minimum atomic E-state index is 0.133. The molecule has 2 atom stereocenters. The van der Waals surface area contributed by atoms with Crippen LogP contribution in [0, 0.1) is 0 Å². The highest BCUT2D eigenvalue weighted by atomic mass is 15.5. The lowest BCUT2D eigenvalue weighted by atomic mass is 9.95. The van der Waals surface area contributed by atoms with Gasteiger partial charge in [0, 0.05) is 50.4 Å². The van der Waals surface area contributed by atoms with E-state index in [1.807, 2.05) is 0 Å². The zero-order chi connectivity index (χ0) is 38.4. The Morgan fingerprint density at radius 2 is 0.732 bits per heavy atom. The second-order valence-electron chi connectivity index (χ2n) is 14.6. The van der Waals surface area contributed by atoms with Gasteiger partial charge in [-0.2, -0.15) is 10.2 Å². The van der Waals surface area contributed by atoms with Gasteiger partial charge >= 0.3 is 0 Å². The first-order valence-corrected chi connectivity index (χ1v) is 20.3. The predicted molar refractivity (Wildman–Crippen MR) is 238 cm³/mol. The number of nitrogens with zero attached hydrogens (tertiary/aromatic N) is 6. The average Bonchev–Trinajstić information content (AvgIpc) is 3.93. The zero-order valence-corrected chi connectivity index (χ0v) is 33.1. The molecule has 2 aliphatic rings. The van der Waals surface area contributed by atoms with Crippen molar-refractivity contribution in [3.63, 3.8) is 0 Å². The summed E-state index contributed by atoms with van der Waals surface area (Å²) in [5.41, 5.74) is 14.2. The molecule has 6 aromatic rings. The van der Waals surface area contributed by atoms with Crippen LogP contribution >= 0.6 is 0 Å². The number of rotatable bonds is 13. The summed E-state index contributed by atoms with van der Waals surface area (Å²) in [6.45, 7) is 12.8. The lowest BCUT2D eigenvalue weighted by Gasteiger charge is -2.25. The van der Waals surface area contributed by atoms with Crippen molar-refractivity contribution in [1.29, 1.82) is 0 Å². The highest BCUT2D eigenvalue weighted by molar-refractivity contribution is 6.04. The van der Waals surface area contributed by atoms with Gasteiger partial charge in [-0.1, -0.05) is 109 Å². The summed E-state index contributed by atoms with van der Waals surface area (Å²) in [7, 11) is 0. The molecule has 0 bridgehead atoms. The Hall–Kier alpha value is -6.14. The van der Waals surface area contributed by atoms with E-state index >= 15 is 0 Å². The topological polar surface area (TPSA) is 37.7 Å². The van der Waals surface area contributed by atoms with Gasteiger partial charge in [0.25, 0.3) is 0 Å². The average molecular weight is 737 g/mol. The monoisotopic (exact) mass is 736 g/mol. The van der Waals surface area contributed by atoms with Crippen molar-refractivity contribution >= 4 is 34.2 Å². The number of hydrogen-bond donors (Lipinski definition) is 0. The van der Waals surface area contributed by atoms with Crippen molar-refractivity contribution in [3.8, 4) is 11.1 Å². The maximum Gasteiger partial charge on any atom is 0.0831 e. The van der Waals surface area contributed by atoms with Crippen LogP contribution in [0.2, 0.25) is 0 Å². The molecule has 6 heteroatoms. The van der Waals surface area contributed by atoms with Crippen molar-refractivity contribution in [2.24, 2.45) is 10.2 Å². The third-order valence-corrected chi connectivity index (χ3v) is 11.4. The lowest BCUT2D eigenvalue weighted by molar-refractivity contribution is 0.708. The molecule has 2 unspecified atom stereocenters. The maximum absolute atomic E-state index is 5.23. The summed E-state index contributed by atoms with van der Waals surface area (Å²) in [6.07, 6.45) is 1.69. The second kappa shape index (κ2) is 16.7. The maximum atomic E-state index is 5.23.